The van der Waals surface area contributed by atoms with Crippen LogP contribution in [0.2, 0.25) is 0 Å². The lowest BCUT2D eigenvalue weighted by Crippen LogP contribution is -2.33. The largest absolute Gasteiger partial charge is 0.339 e. The van der Waals surface area contributed by atoms with Crippen LogP contribution in [0, 0.1) is 0 Å². The average molecular weight is 374 g/mol. The van der Waals surface area contributed by atoms with Gasteiger partial charge in [0.05, 0.1) is 12.1 Å². The second-order valence-corrected chi connectivity index (χ2v) is 7.23. The van der Waals surface area contributed by atoms with Crippen LogP contribution < -0.4 is 4.90 Å². The van der Waals surface area contributed by atoms with Gasteiger partial charge in [-0.2, -0.15) is 0 Å². The first-order chi connectivity index (χ1) is 13.2. The molecule has 1 aliphatic rings. The molecule has 2 amide bonds. The van der Waals surface area contributed by atoms with Crippen molar-refractivity contribution in [1.29, 1.82) is 0 Å². The summed E-state index contributed by atoms with van der Waals surface area (Å²) in [7, 11) is 1.83. The van der Waals surface area contributed by atoms with Crippen molar-refractivity contribution in [2.75, 3.05) is 11.9 Å². The zero-order chi connectivity index (χ0) is 18.8. The normalized spacial score (nSPS) is 14.2. The van der Waals surface area contributed by atoms with Crippen molar-refractivity contribution in [2.45, 2.75) is 6.54 Å². The summed E-state index contributed by atoms with van der Waals surface area (Å²) in [4.78, 5) is 30.4. The van der Waals surface area contributed by atoms with Gasteiger partial charge in [0, 0.05) is 17.6 Å². The number of benzene rings is 2. The minimum atomic E-state index is -0.265. The molecule has 3 aromatic rings. The highest BCUT2D eigenvalue weighted by Gasteiger charge is 2.41. The van der Waals surface area contributed by atoms with E-state index >= 15 is 0 Å². The van der Waals surface area contributed by atoms with Crippen molar-refractivity contribution in [3.8, 4) is 0 Å². The highest BCUT2D eigenvalue weighted by molar-refractivity contribution is 7.11. The van der Waals surface area contributed by atoms with Crippen molar-refractivity contribution in [3.63, 3.8) is 0 Å². The summed E-state index contributed by atoms with van der Waals surface area (Å²) in [5, 5.41) is 1.92. The Balaban J connectivity index is 1.77. The second kappa shape index (κ2) is 7.21. The van der Waals surface area contributed by atoms with Gasteiger partial charge in [-0.05, 0) is 29.1 Å². The third-order valence-electron chi connectivity index (χ3n) is 4.57. The Morgan fingerprint density at radius 2 is 1.52 bits per heavy atom. The van der Waals surface area contributed by atoms with Crippen molar-refractivity contribution in [3.05, 3.63) is 94.3 Å². The van der Waals surface area contributed by atoms with Gasteiger partial charge < -0.3 is 4.90 Å². The van der Waals surface area contributed by atoms with Crippen LogP contribution in [-0.4, -0.2) is 23.8 Å². The van der Waals surface area contributed by atoms with Gasteiger partial charge in [0.1, 0.15) is 5.70 Å². The van der Waals surface area contributed by atoms with Crippen LogP contribution >= 0.6 is 11.3 Å². The SMILES string of the molecule is CN(C1=C(c2cccs2)C(=O)N(Cc2ccccc2)C1=O)c1ccccc1. The van der Waals surface area contributed by atoms with Gasteiger partial charge in [-0.1, -0.05) is 54.6 Å². The molecule has 134 valence electrons. The van der Waals surface area contributed by atoms with Crippen LogP contribution in [0.1, 0.15) is 10.4 Å². The number of carbonyl (C=O) groups excluding carboxylic acids is 2. The van der Waals surface area contributed by atoms with Gasteiger partial charge in [-0.3, -0.25) is 14.5 Å². The highest BCUT2D eigenvalue weighted by atomic mass is 32.1. The van der Waals surface area contributed by atoms with E-state index in [2.05, 4.69) is 0 Å². The Bertz CT molecular complexity index is 995. The number of carbonyl (C=O) groups is 2. The number of anilines is 1. The van der Waals surface area contributed by atoms with Crippen LogP contribution in [0.5, 0.6) is 0 Å². The molecule has 0 saturated carbocycles. The molecule has 1 aromatic heterocycles. The monoisotopic (exact) mass is 374 g/mol. The molecule has 27 heavy (non-hydrogen) atoms. The molecule has 0 spiro atoms. The maximum absolute atomic E-state index is 13.3. The van der Waals surface area contributed by atoms with Crippen molar-refractivity contribution < 1.29 is 9.59 Å². The number of imide groups is 1. The lowest BCUT2D eigenvalue weighted by molar-refractivity contribution is -0.137. The minimum Gasteiger partial charge on any atom is -0.339 e. The zero-order valence-electron chi connectivity index (χ0n) is 14.8. The summed E-state index contributed by atoms with van der Waals surface area (Å²) in [6.45, 7) is 0.263. The highest BCUT2D eigenvalue weighted by Crippen LogP contribution is 2.35. The van der Waals surface area contributed by atoms with E-state index in [1.807, 2.05) is 85.2 Å². The lowest BCUT2D eigenvalue weighted by atomic mass is 10.1. The van der Waals surface area contributed by atoms with E-state index in [1.165, 1.54) is 16.2 Å². The molecule has 4 nitrogen and oxygen atoms in total. The molecular weight excluding hydrogens is 356 g/mol. The number of hydrogen-bond donors (Lipinski definition) is 0. The molecule has 0 bridgehead atoms. The van der Waals surface area contributed by atoms with E-state index in [-0.39, 0.29) is 18.4 Å². The molecule has 0 N–H and O–H groups in total. The van der Waals surface area contributed by atoms with E-state index in [4.69, 9.17) is 0 Å². The molecule has 5 heteroatoms. The summed E-state index contributed by atoms with van der Waals surface area (Å²) in [6.07, 6.45) is 0. The Morgan fingerprint density at radius 3 is 2.15 bits per heavy atom. The first kappa shape index (κ1) is 17.2. The fraction of sp³-hybridized carbons (Fsp3) is 0.0909. The number of nitrogens with zero attached hydrogens (tertiary/aromatic N) is 2. The summed E-state index contributed by atoms with van der Waals surface area (Å²) in [6, 6.07) is 23.0. The van der Waals surface area contributed by atoms with Gasteiger partial charge in [-0.25, -0.2) is 0 Å². The molecular formula is C22H18N2O2S. The summed E-state index contributed by atoms with van der Waals surface area (Å²) in [5.74, 6) is -0.511. The molecule has 0 fully saturated rings. The minimum absolute atomic E-state index is 0.246. The Morgan fingerprint density at radius 1 is 0.852 bits per heavy atom. The summed E-state index contributed by atoms with van der Waals surface area (Å²) < 4.78 is 0. The van der Waals surface area contributed by atoms with Gasteiger partial charge in [0.2, 0.25) is 0 Å². The number of rotatable bonds is 5. The first-order valence-corrected chi connectivity index (χ1v) is 9.52. The van der Waals surface area contributed by atoms with E-state index in [0.717, 1.165) is 16.1 Å². The van der Waals surface area contributed by atoms with Crippen LogP contribution in [-0.2, 0) is 16.1 Å². The molecule has 0 atom stereocenters. The average Bonchev–Trinajstić information content (AvgIpc) is 3.31. The maximum atomic E-state index is 13.3. The zero-order valence-corrected chi connectivity index (χ0v) is 15.6. The van der Waals surface area contributed by atoms with E-state index in [0.29, 0.717) is 11.3 Å². The molecule has 0 aliphatic carbocycles. The van der Waals surface area contributed by atoms with Gasteiger partial charge in [0.15, 0.2) is 0 Å². The smallest absolute Gasteiger partial charge is 0.278 e. The topological polar surface area (TPSA) is 40.6 Å². The van der Waals surface area contributed by atoms with Crippen LogP contribution in [0.15, 0.2) is 83.9 Å². The summed E-state index contributed by atoms with van der Waals surface area (Å²) >= 11 is 1.47. The van der Waals surface area contributed by atoms with E-state index in [9.17, 15) is 9.59 Å². The van der Waals surface area contributed by atoms with Crippen LogP contribution in [0.4, 0.5) is 5.69 Å². The third-order valence-corrected chi connectivity index (χ3v) is 5.46. The number of likely N-dealkylation sites (N-methyl/N-ethyl adjacent to an activating group) is 1. The fourth-order valence-electron chi connectivity index (χ4n) is 3.21. The molecule has 1 aliphatic heterocycles. The van der Waals surface area contributed by atoms with E-state index in [1.54, 1.807) is 4.90 Å². The van der Waals surface area contributed by atoms with E-state index < -0.39 is 0 Å². The van der Waals surface area contributed by atoms with Crippen molar-refractivity contribution in [2.24, 2.45) is 0 Å². The number of thiophene rings is 1. The lowest BCUT2D eigenvalue weighted by Gasteiger charge is -2.21. The number of amides is 2. The van der Waals surface area contributed by atoms with Crippen molar-refractivity contribution in [1.82, 2.24) is 4.90 Å². The molecule has 2 heterocycles. The van der Waals surface area contributed by atoms with Crippen molar-refractivity contribution >= 4 is 34.4 Å². The fourth-order valence-corrected chi connectivity index (χ4v) is 3.97. The van der Waals surface area contributed by atoms with Crippen LogP contribution in [0.25, 0.3) is 5.57 Å². The van der Waals surface area contributed by atoms with Gasteiger partial charge in [0.25, 0.3) is 11.8 Å². The standard InChI is InChI=1S/C22H18N2O2S/c1-23(17-11-6-3-7-12-17)20-19(18-13-8-14-27-18)21(25)24(22(20)26)15-16-9-4-2-5-10-16/h2-14H,15H2,1H3. The predicted molar refractivity (Wildman–Crippen MR) is 108 cm³/mol. The Kier molecular flexibility index (Phi) is 4.60. The van der Waals surface area contributed by atoms with Gasteiger partial charge in [-0.15, -0.1) is 11.3 Å². The quantitative estimate of drug-likeness (QED) is 0.630. The Hall–Kier alpha value is -3.18. The van der Waals surface area contributed by atoms with Crippen LogP contribution in [0.3, 0.4) is 0 Å². The Labute approximate surface area is 162 Å². The first-order valence-electron chi connectivity index (χ1n) is 8.64. The molecule has 2 aromatic carbocycles. The molecule has 4 rings (SSSR count). The molecule has 0 radical (unpaired) electrons. The van der Waals surface area contributed by atoms with Gasteiger partial charge >= 0.3 is 0 Å². The second-order valence-electron chi connectivity index (χ2n) is 6.28. The molecule has 0 saturated heterocycles. The third kappa shape index (κ3) is 3.17. The maximum Gasteiger partial charge on any atom is 0.278 e. The summed E-state index contributed by atoms with van der Waals surface area (Å²) in [5.41, 5.74) is 2.68. The number of hydrogen-bond acceptors (Lipinski definition) is 4. The number of para-hydroxylation sites is 1. The molecule has 0 unspecified atom stereocenters. The predicted octanol–water partition coefficient (Wildman–Crippen LogP) is 4.16.